The Morgan fingerprint density at radius 1 is 0.292 bits per heavy atom. The summed E-state index contributed by atoms with van der Waals surface area (Å²) in [5, 5.41) is 0. The minimum absolute atomic E-state index is 0.0732. The van der Waals surface area contributed by atoms with E-state index in [0.29, 0.717) is 19.3 Å². The molecule has 0 aliphatic heterocycles. The second-order valence-corrected chi connectivity index (χ2v) is 19.6. The Morgan fingerprint density at radius 2 is 0.508 bits per heavy atom. The molecule has 1 atom stereocenters. The summed E-state index contributed by atoms with van der Waals surface area (Å²) in [6, 6.07) is 0. The van der Waals surface area contributed by atoms with E-state index >= 15 is 0 Å². The van der Waals surface area contributed by atoms with Crippen LogP contribution in [0.5, 0.6) is 0 Å². The number of carbonyl (C=O) groups is 3. The Bertz CT molecular complexity index is 1050. The van der Waals surface area contributed by atoms with Crippen LogP contribution in [0.1, 0.15) is 316 Å². The largest absolute Gasteiger partial charge is 0.462 e. The van der Waals surface area contributed by atoms with Gasteiger partial charge in [-0.15, -0.1) is 0 Å². The minimum atomic E-state index is -0.774. The highest BCUT2D eigenvalue weighted by atomic mass is 16.6. The van der Waals surface area contributed by atoms with Crippen LogP contribution in [0.3, 0.4) is 0 Å². The number of unbranched alkanes of at least 4 members (excludes halogenated alkanes) is 38. The molecule has 0 radical (unpaired) electrons. The molecule has 1 unspecified atom stereocenters. The zero-order valence-electron chi connectivity index (χ0n) is 43.8. The highest BCUT2D eigenvalue weighted by Crippen LogP contribution is 2.17. The summed E-state index contributed by atoms with van der Waals surface area (Å²) < 4.78 is 16.8. The predicted molar refractivity (Wildman–Crippen MR) is 279 cm³/mol. The van der Waals surface area contributed by atoms with Gasteiger partial charge in [0.25, 0.3) is 0 Å². The first-order valence-electron chi connectivity index (χ1n) is 28.8. The van der Waals surface area contributed by atoms with Crippen LogP contribution in [0.4, 0.5) is 0 Å². The van der Waals surface area contributed by atoms with Gasteiger partial charge in [-0.25, -0.2) is 0 Å². The van der Waals surface area contributed by atoms with Crippen molar-refractivity contribution >= 4 is 17.9 Å². The number of carbonyl (C=O) groups excluding carboxylic acids is 3. The minimum Gasteiger partial charge on any atom is -0.462 e. The third-order valence-corrected chi connectivity index (χ3v) is 12.9. The highest BCUT2D eigenvalue weighted by Gasteiger charge is 2.19. The summed E-state index contributed by atoms with van der Waals surface area (Å²) in [5.74, 6) is -0.875. The van der Waals surface area contributed by atoms with E-state index in [9.17, 15) is 14.4 Å². The van der Waals surface area contributed by atoms with E-state index in [1.165, 1.54) is 205 Å². The molecule has 0 aromatic rings. The van der Waals surface area contributed by atoms with Crippen molar-refractivity contribution in [3.8, 4) is 0 Å². The van der Waals surface area contributed by atoms with Gasteiger partial charge in [0.05, 0.1) is 0 Å². The summed E-state index contributed by atoms with van der Waals surface area (Å²) in [5.41, 5.74) is 0. The molecule has 6 nitrogen and oxygen atoms in total. The van der Waals surface area contributed by atoms with Crippen molar-refractivity contribution in [2.24, 2.45) is 0 Å². The van der Waals surface area contributed by atoms with E-state index in [1.807, 2.05) is 0 Å². The SMILES string of the molecule is CCCCC/C=C\CCCCCCCC(=O)OCC(COC(=O)CCCCCCCCCCCCCCCCCCCCCCCCC)OC(=O)CCCCCCC/C=C\CCCCC. The van der Waals surface area contributed by atoms with E-state index in [0.717, 1.165) is 70.6 Å². The van der Waals surface area contributed by atoms with Crippen LogP contribution < -0.4 is 0 Å². The van der Waals surface area contributed by atoms with Crippen LogP contribution in [0.2, 0.25) is 0 Å². The first-order chi connectivity index (χ1) is 32.0. The van der Waals surface area contributed by atoms with Crippen LogP contribution in [-0.4, -0.2) is 37.2 Å². The lowest BCUT2D eigenvalue weighted by atomic mass is 10.0. The van der Waals surface area contributed by atoms with E-state index in [-0.39, 0.29) is 31.1 Å². The smallest absolute Gasteiger partial charge is 0.306 e. The third-order valence-electron chi connectivity index (χ3n) is 12.9. The Kier molecular flexibility index (Phi) is 52.7. The number of rotatable bonds is 53. The van der Waals surface area contributed by atoms with Crippen LogP contribution in [0.15, 0.2) is 24.3 Å². The topological polar surface area (TPSA) is 78.9 Å². The van der Waals surface area contributed by atoms with Crippen molar-refractivity contribution in [2.45, 2.75) is 322 Å². The fourth-order valence-corrected chi connectivity index (χ4v) is 8.55. The Hall–Kier alpha value is -2.11. The standard InChI is InChI=1S/C59H110O6/c1-4-7-10-13-16-19-22-25-26-27-28-29-30-31-32-33-34-35-38-40-43-46-49-52-58(61)64-55-56(65-59(62)53-50-47-44-41-37-24-21-18-15-12-9-6-3)54-63-57(60)51-48-45-42-39-36-23-20-17-14-11-8-5-2/h17-18,20-21,56H,4-16,19,22-55H2,1-3H3/b20-17-,21-18-. The molecule has 0 saturated heterocycles. The lowest BCUT2D eigenvalue weighted by Gasteiger charge is -2.18. The van der Waals surface area contributed by atoms with Crippen molar-refractivity contribution in [3.05, 3.63) is 24.3 Å². The van der Waals surface area contributed by atoms with Gasteiger partial charge in [-0.05, 0) is 70.6 Å². The molecule has 0 aliphatic carbocycles. The van der Waals surface area contributed by atoms with Crippen LogP contribution >= 0.6 is 0 Å². The molecule has 6 heteroatoms. The molecule has 382 valence electrons. The Labute approximate surface area is 404 Å². The van der Waals surface area contributed by atoms with E-state index in [4.69, 9.17) is 14.2 Å². The van der Waals surface area contributed by atoms with E-state index in [1.54, 1.807) is 0 Å². The quantitative estimate of drug-likeness (QED) is 0.0262. The molecule has 0 bridgehead atoms. The lowest BCUT2D eigenvalue weighted by molar-refractivity contribution is -0.167. The van der Waals surface area contributed by atoms with Gasteiger partial charge in [-0.3, -0.25) is 14.4 Å². The van der Waals surface area contributed by atoms with E-state index in [2.05, 4.69) is 45.1 Å². The molecule has 0 aliphatic rings. The molecule has 0 spiro atoms. The zero-order valence-corrected chi connectivity index (χ0v) is 43.8. The molecule has 65 heavy (non-hydrogen) atoms. The summed E-state index contributed by atoms with van der Waals surface area (Å²) in [7, 11) is 0. The summed E-state index contributed by atoms with van der Waals surface area (Å²) >= 11 is 0. The predicted octanol–water partition coefficient (Wildman–Crippen LogP) is 19.1. The van der Waals surface area contributed by atoms with Gasteiger partial charge in [-0.2, -0.15) is 0 Å². The lowest BCUT2D eigenvalue weighted by Crippen LogP contribution is -2.30. The highest BCUT2D eigenvalue weighted by molar-refractivity contribution is 5.71. The molecular formula is C59H110O6. The number of hydrogen-bond donors (Lipinski definition) is 0. The van der Waals surface area contributed by atoms with E-state index < -0.39 is 6.10 Å². The maximum atomic E-state index is 12.8. The monoisotopic (exact) mass is 915 g/mol. The van der Waals surface area contributed by atoms with Gasteiger partial charge in [0.2, 0.25) is 0 Å². The Balaban J connectivity index is 4.20. The molecule has 0 N–H and O–H groups in total. The van der Waals surface area contributed by atoms with Gasteiger partial charge in [-0.1, -0.05) is 251 Å². The first-order valence-corrected chi connectivity index (χ1v) is 28.8. The fourth-order valence-electron chi connectivity index (χ4n) is 8.55. The Morgan fingerprint density at radius 3 is 0.800 bits per heavy atom. The molecule has 0 rings (SSSR count). The number of allylic oxidation sites excluding steroid dienone is 4. The van der Waals surface area contributed by atoms with Crippen LogP contribution in [0.25, 0.3) is 0 Å². The van der Waals surface area contributed by atoms with Crippen molar-refractivity contribution in [2.75, 3.05) is 13.2 Å². The molecule has 0 saturated carbocycles. The average molecular weight is 916 g/mol. The molecular weight excluding hydrogens is 805 g/mol. The molecule has 0 fully saturated rings. The maximum absolute atomic E-state index is 12.8. The van der Waals surface area contributed by atoms with Crippen LogP contribution in [-0.2, 0) is 28.6 Å². The van der Waals surface area contributed by atoms with Gasteiger partial charge >= 0.3 is 17.9 Å². The zero-order chi connectivity index (χ0) is 47.2. The molecule has 0 heterocycles. The maximum Gasteiger partial charge on any atom is 0.306 e. The van der Waals surface area contributed by atoms with Crippen LogP contribution in [0, 0.1) is 0 Å². The normalized spacial score (nSPS) is 12.1. The number of hydrogen-bond acceptors (Lipinski definition) is 6. The number of esters is 3. The summed E-state index contributed by atoms with van der Waals surface area (Å²) in [6.07, 6.45) is 63.2. The van der Waals surface area contributed by atoms with Gasteiger partial charge in [0.1, 0.15) is 13.2 Å². The van der Waals surface area contributed by atoms with Gasteiger partial charge in [0.15, 0.2) is 6.10 Å². The summed E-state index contributed by atoms with van der Waals surface area (Å²) in [6.45, 7) is 6.62. The van der Waals surface area contributed by atoms with Crippen molar-refractivity contribution in [3.63, 3.8) is 0 Å². The second kappa shape index (κ2) is 54.5. The fraction of sp³-hybridized carbons (Fsp3) is 0.881. The third kappa shape index (κ3) is 52.7. The van der Waals surface area contributed by atoms with Crippen molar-refractivity contribution in [1.29, 1.82) is 0 Å². The summed E-state index contributed by atoms with van der Waals surface area (Å²) in [4.78, 5) is 38.0. The average Bonchev–Trinajstić information content (AvgIpc) is 3.30. The van der Waals surface area contributed by atoms with Gasteiger partial charge in [0, 0.05) is 19.3 Å². The van der Waals surface area contributed by atoms with Crippen molar-refractivity contribution in [1.82, 2.24) is 0 Å². The number of ether oxygens (including phenoxy) is 3. The molecule has 0 aromatic carbocycles. The molecule has 0 amide bonds. The first kappa shape index (κ1) is 62.9. The second-order valence-electron chi connectivity index (χ2n) is 19.6. The van der Waals surface area contributed by atoms with Crippen molar-refractivity contribution < 1.29 is 28.6 Å². The molecule has 0 aromatic heterocycles. The van der Waals surface area contributed by atoms with Gasteiger partial charge < -0.3 is 14.2 Å².